The molecule has 0 aliphatic heterocycles. The van der Waals surface area contributed by atoms with E-state index in [-0.39, 0.29) is 18.1 Å². The molecule has 23 heavy (non-hydrogen) atoms. The minimum absolute atomic E-state index is 0.0156. The van der Waals surface area contributed by atoms with Crippen LogP contribution in [-0.4, -0.2) is 23.9 Å². The number of carbonyl (C=O) groups excluding carboxylic acids is 1. The van der Waals surface area contributed by atoms with Crippen molar-refractivity contribution in [1.29, 1.82) is 0 Å². The lowest BCUT2D eigenvalue weighted by molar-refractivity contribution is -0.384. The first-order valence-corrected chi connectivity index (χ1v) is 7.42. The number of nitrogens with zero attached hydrogens (tertiary/aromatic N) is 1. The van der Waals surface area contributed by atoms with E-state index in [4.69, 9.17) is 11.6 Å². The Bertz CT molecular complexity index is 689. The molecule has 2 aromatic rings. The van der Waals surface area contributed by atoms with Gasteiger partial charge in [0.25, 0.3) is 5.69 Å². The van der Waals surface area contributed by atoms with Gasteiger partial charge in [0.1, 0.15) is 0 Å². The van der Waals surface area contributed by atoms with Crippen molar-refractivity contribution in [2.75, 3.05) is 18.4 Å². The zero-order chi connectivity index (χ0) is 16.7. The number of nitrogens with one attached hydrogen (secondary N) is 2. The highest BCUT2D eigenvalue weighted by Crippen LogP contribution is 2.16. The van der Waals surface area contributed by atoms with Crippen LogP contribution in [0.2, 0.25) is 5.02 Å². The van der Waals surface area contributed by atoms with Crippen LogP contribution in [-0.2, 0) is 11.2 Å². The van der Waals surface area contributed by atoms with Gasteiger partial charge < -0.3 is 10.6 Å². The zero-order valence-corrected chi connectivity index (χ0v) is 13.0. The highest BCUT2D eigenvalue weighted by Gasteiger charge is 2.06. The van der Waals surface area contributed by atoms with Gasteiger partial charge in [-0.15, -0.1) is 0 Å². The molecule has 7 heteroatoms. The van der Waals surface area contributed by atoms with Crippen LogP contribution >= 0.6 is 11.6 Å². The van der Waals surface area contributed by atoms with Crippen molar-refractivity contribution in [1.82, 2.24) is 5.32 Å². The summed E-state index contributed by atoms with van der Waals surface area (Å²) in [6, 6.07) is 13.5. The number of anilines is 1. The number of amides is 1. The molecule has 0 bridgehead atoms. The second-order valence-electron chi connectivity index (χ2n) is 4.89. The second kappa shape index (κ2) is 8.14. The number of benzene rings is 2. The first kappa shape index (κ1) is 16.8. The van der Waals surface area contributed by atoms with Gasteiger partial charge in [-0.25, -0.2) is 0 Å². The Labute approximate surface area is 138 Å². The van der Waals surface area contributed by atoms with Crippen LogP contribution in [0.4, 0.5) is 11.4 Å². The fourth-order valence-electron chi connectivity index (χ4n) is 1.97. The average Bonchev–Trinajstić information content (AvgIpc) is 2.55. The number of carbonyl (C=O) groups is 1. The summed E-state index contributed by atoms with van der Waals surface area (Å²) in [6.45, 7) is 0.568. The Balaban J connectivity index is 1.73. The Hall–Kier alpha value is -2.60. The lowest BCUT2D eigenvalue weighted by atomic mass is 10.1. The smallest absolute Gasteiger partial charge is 0.271 e. The summed E-state index contributed by atoms with van der Waals surface area (Å²) in [5.74, 6) is -0.175. The molecular formula is C16H16ClN3O3. The van der Waals surface area contributed by atoms with Crippen molar-refractivity contribution >= 4 is 28.9 Å². The van der Waals surface area contributed by atoms with E-state index in [9.17, 15) is 14.9 Å². The van der Waals surface area contributed by atoms with Gasteiger partial charge in [-0.2, -0.15) is 0 Å². The molecule has 2 N–H and O–H groups in total. The van der Waals surface area contributed by atoms with E-state index < -0.39 is 4.92 Å². The molecule has 0 saturated carbocycles. The molecule has 6 nitrogen and oxygen atoms in total. The van der Waals surface area contributed by atoms with Crippen LogP contribution in [0.3, 0.4) is 0 Å². The van der Waals surface area contributed by atoms with Crippen LogP contribution in [0.5, 0.6) is 0 Å². The molecule has 2 rings (SSSR count). The fraction of sp³-hybridized carbons (Fsp3) is 0.188. The van der Waals surface area contributed by atoms with Crippen molar-refractivity contribution in [3.05, 3.63) is 69.2 Å². The second-order valence-corrected chi connectivity index (χ2v) is 5.32. The summed E-state index contributed by atoms with van der Waals surface area (Å²) >= 11 is 5.81. The Kier molecular flexibility index (Phi) is 5.94. The number of rotatable bonds is 7. The molecule has 1 amide bonds. The van der Waals surface area contributed by atoms with E-state index in [2.05, 4.69) is 10.6 Å². The minimum Gasteiger partial charge on any atom is -0.376 e. The van der Waals surface area contributed by atoms with Crippen LogP contribution < -0.4 is 10.6 Å². The van der Waals surface area contributed by atoms with E-state index in [0.29, 0.717) is 23.7 Å². The predicted molar refractivity (Wildman–Crippen MR) is 89.8 cm³/mol. The third kappa shape index (κ3) is 5.60. The molecule has 0 radical (unpaired) electrons. The predicted octanol–water partition coefficient (Wildman–Crippen LogP) is 3.02. The number of nitro groups is 1. The van der Waals surface area contributed by atoms with Gasteiger partial charge >= 0.3 is 0 Å². The molecule has 0 aromatic heterocycles. The maximum Gasteiger partial charge on any atom is 0.271 e. The molecule has 0 atom stereocenters. The van der Waals surface area contributed by atoms with E-state index >= 15 is 0 Å². The molecule has 0 unspecified atom stereocenters. The van der Waals surface area contributed by atoms with Gasteiger partial charge in [0.05, 0.1) is 11.5 Å². The van der Waals surface area contributed by atoms with E-state index in [0.717, 1.165) is 5.56 Å². The summed E-state index contributed by atoms with van der Waals surface area (Å²) in [5.41, 5.74) is 1.60. The number of halogens is 1. The lowest BCUT2D eigenvalue weighted by Crippen LogP contribution is -2.31. The summed E-state index contributed by atoms with van der Waals surface area (Å²) in [7, 11) is 0. The number of non-ortho nitro benzene ring substituents is 1. The van der Waals surface area contributed by atoms with Gasteiger partial charge in [0.15, 0.2) is 0 Å². The zero-order valence-electron chi connectivity index (χ0n) is 12.3. The van der Waals surface area contributed by atoms with Crippen molar-refractivity contribution in [3.8, 4) is 0 Å². The Morgan fingerprint density at radius 2 is 1.91 bits per heavy atom. The van der Waals surface area contributed by atoms with Crippen LogP contribution in [0.25, 0.3) is 0 Å². The number of hydrogen-bond acceptors (Lipinski definition) is 4. The third-order valence-corrected chi connectivity index (χ3v) is 3.41. The van der Waals surface area contributed by atoms with Crippen molar-refractivity contribution in [3.63, 3.8) is 0 Å². The number of nitro benzene ring substituents is 1. The summed E-state index contributed by atoms with van der Waals surface area (Å²) in [5, 5.41) is 17.0. The third-order valence-electron chi connectivity index (χ3n) is 3.16. The van der Waals surface area contributed by atoms with Crippen molar-refractivity contribution in [2.24, 2.45) is 0 Å². The fourth-order valence-corrected chi connectivity index (χ4v) is 2.10. The lowest BCUT2D eigenvalue weighted by Gasteiger charge is -2.08. The quantitative estimate of drug-likeness (QED) is 0.602. The SMILES string of the molecule is O=C(CNc1cccc([N+](=O)[O-])c1)NCCc1ccc(Cl)cc1. The number of hydrogen-bond donors (Lipinski definition) is 2. The standard InChI is InChI=1S/C16H16ClN3O3/c17-13-6-4-12(5-7-13)8-9-18-16(21)11-19-14-2-1-3-15(10-14)20(22)23/h1-7,10,19H,8-9,11H2,(H,18,21). The maximum atomic E-state index is 11.8. The maximum absolute atomic E-state index is 11.8. The van der Waals surface area contributed by atoms with E-state index in [1.165, 1.54) is 12.1 Å². The first-order valence-electron chi connectivity index (χ1n) is 7.04. The van der Waals surface area contributed by atoms with E-state index in [1.807, 2.05) is 24.3 Å². The van der Waals surface area contributed by atoms with E-state index in [1.54, 1.807) is 12.1 Å². The Morgan fingerprint density at radius 1 is 1.17 bits per heavy atom. The van der Waals surface area contributed by atoms with Gasteiger partial charge in [-0.05, 0) is 30.2 Å². The van der Waals surface area contributed by atoms with Crippen LogP contribution in [0, 0.1) is 10.1 Å². The van der Waals surface area contributed by atoms with Gasteiger partial charge in [0.2, 0.25) is 5.91 Å². The van der Waals surface area contributed by atoms with Crippen molar-refractivity contribution < 1.29 is 9.72 Å². The van der Waals surface area contributed by atoms with Crippen LogP contribution in [0.15, 0.2) is 48.5 Å². The molecule has 0 fully saturated rings. The monoisotopic (exact) mass is 333 g/mol. The summed E-state index contributed by atoms with van der Waals surface area (Å²) < 4.78 is 0. The highest BCUT2D eigenvalue weighted by molar-refractivity contribution is 6.30. The molecule has 2 aromatic carbocycles. The summed E-state index contributed by atoms with van der Waals surface area (Å²) in [4.78, 5) is 22.0. The summed E-state index contributed by atoms with van der Waals surface area (Å²) in [6.07, 6.45) is 0.708. The minimum atomic E-state index is -0.475. The van der Waals surface area contributed by atoms with Crippen molar-refractivity contribution in [2.45, 2.75) is 6.42 Å². The highest BCUT2D eigenvalue weighted by atomic mass is 35.5. The molecule has 0 aliphatic carbocycles. The molecule has 0 spiro atoms. The molecule has 0 heterocycles. The van der Waals surface area contributed by atoms with Gasteiger partial charge in [0, 0.05) is 29.4 Å². The first-order chi connectivity index (χ1) is 11.0. The molecule has 120 valence electrons. The molecule has 0 aliphatic rings. The topological polar surface area (TPSA) is 84.3 Å². The van der Waals surface area contributed by atoms with Crippen LogP contribution in [0.1, 0.15) is 5.56 Å². The average molecular weight is 334 g/mol. The Morgan fingerprint density at radius 3 is 2.61 bits per heavy atom. The van der Waals surface area contributed by atoms with Gasteiger partial charge in [-0.1, -0.05) is 29.8 Å². The van der Waals surface area contributed by atoms with Gasteiger partial charge in [-0.3, -0.25) is 14.9 Å². The largest absolute Gasteiger partial charge is 0.376 e. The normalized spacial score (nSPS) is 10.1. The molecular weight excluding hydrogens is 318 g/mol. The molecule has 0 saturated heterocycles.